The summed E-state index contributed by atoms with van der Waals surface area (Å²) in [5, 5.41) is 3.35. The van der Waals surface area contributed by atoms with Crippen molar-refractivity contribution in [2.75, 3.05) is 19.7 Å². The maximum atomic E-state index is 5.85. The van der Waals surface area contributed by atoms with Gasteiger partial charge in [0.1, 0.15) is 5.75 Å². The zero-order valence-corrected chi connectivity index (χ0v) is 12.2. The van der Waals surface area contributed by atoms with Crippen LogP contribution in [0.3, 0.4) is 0 Å². The molecule has 2 heteroatoms. The van der Waals surface area contributed by atoms with Crippen LogP contribution in [-0.2, 0) is 6.42 Å². The third-order valence-electron chi connectivity index (χ3n) is 3.09. The first kappa shape index (κ1) is 15.8. The third-order valence-corrected chi connectivity index (χ3v) is 3.09. The second-order valence-corrected chi connectivity index (χ2v) is 4.72. The van der Waals surface area contributed by atoms with Crippen molar-refractivity contribution in [1.82, 2.24) is 5.32 Å². The van der Waals surface area contributed by atoms with Crippen LogP contribution in [0.25, 0.3) is 0 Å². The molecular weight excluding hydrogens is 234 g/mol. The summed E-state index contributed by atoms with van der Waals surface area (Å²) < 4.78 is 5.85. The van der Waals surface area contributed by atoms with Crippen molar-refractivity contribution in [3.63, 3.8) is 0 Å². The third kappa shape index (κ3) is 7.02. The van der Waals surface area contributed by atoms with Gasteiger partial charge in [-0.3, -0.25) is 0 Å². The van der Waals surface area contributed by atoms with E-state index < -0.39 is 0 Å². The fourth-order valence-electron chi connectivity index (χ4n) is 2.03. The minimum atomic E-state index is 0.815. The van der Waals surface area contributed by atoms with E-state index in [1.54, 1.807) is 0 Å². The molecule has 2 nitrogen and oxygen atoms in total. The molecule has 0 bridgehead atoms. The largest absolute Gasteiger partial charge is 0.493 e. The first-order valence-corrected chi connectivity index (χ1v) is 7.40. The molecule has 1 aromatic carbocycles. The molecule has 0 amide bonds. The molecule has 0 spiro atoms. The fourth-order valence-corrected chi connectivity index (χ4v) is 2.03. The van der Waals surface area contributed by atoms with Gasteiger partial charge in [0.15, 0.2) is 0 Å². The van der Waals surface area contributed by atoms with Gasteiger partial charge in [-0.15, -0.1) is 6.58 Å². The van der Waals surface area contributed by atoms with E-state index in [2.05, 4.69) is 24.9 Å². The zero-order chi connectivity index (χ0) is 13.8. The van der Waals surface area contributed by atoms with Gasteiger partial charge < -0.3 is 10.1 Å². The fraction of sp³-hybridized carbons (Fsp3) is 0.529. The zero-order valence-electron chi connectivity index (χ0n) is 12.2. The lowest BCUT2D eigenvalue weighted by atomic mass is 10.1. The van der Waals surface area contributed by atoms with Crippen molar-refractivity contribution < 1.29 is 4.74 Å². The lowest BCUT2D eigenvalue weighted by Crippen LogP contribution is -2.13. The van der Waals surface area contributed by atoms with E-state index in [9.17, 15) is 0 Å². The summed E-state index contributed by atoms with van der Waals surface area (Å²) in [5.74, 6) is 1.01. The van der Waals surface area contributed by atoms with Crippen molar-refractivity contribution in [1.29, 1.82) is 0 Å². The highest BCUT2D eigenvalue weighted by molar-refractivity contribution is 5.34. The van der Waals surface area contributed by atoms with E-state index in [4.69, 9.17) is 4.74 Å². The number of ether oxygens (including phenoxy) is 1. The van der Waals surface area contributed by atoms with Gasteiger partial charge in [0.05, 0.1) is 6.61 Å². The molecule has 0 heterocycles. The molecule has 1 N–H and O–H groups in total. The van der Waals surface area contributed by atoms with E-state index in [0.29, 0.717) is 0 Å². The molecule has 0 saturated heterocycles. The molecule has 0 aliphatic rings. The van der Waals surface area contributed by atoms with Gasteiger partial charge in [-0.05, 0) is 44.0 Å². The average molecular weight is 261 g/mol. The standard InChI is InChI=1S/C17H27NO/c1-3-11-16-12-7-8-13-17(16)19-15-10-6-5-9-14-18-4-2/h3,7-8,12-13,18H,1,4-6,9-11,14-15H2,2H3. The number of benzene rings is 1. The molecule has 0 aliphatic heterocycles. The number of hydrogen-bond acceptors (Lipinski definition) is 2. The van der Waals surface area contributed by atoms with E-state index in [1.807, 2.05) is 24.3 Å². The number of para-hydroxylation sites is 1. The number of rotatable bonds is 11. The quantitative estimate of drug-likeness (QED) is 0.481. The first-order valence-electron chi connectivity index (χ1n) is 7.40. The Bertz CT molecular complexity index is 349. The summed E-state index contributed by atoms with van der Waals surface area (Å²) in [4.78, 5) is 0. The topological polar surface area (TPSA) is 21.3 Å². The lowest BCUT2D eigenvalue weighted by Gasteiger charge is -2.10. The lowest BCUT2D eigenvalue weighted by molar-refractivity contribution is 0.302. The van der Waals surface area contributed by atoms with E-state index >= 15 is 0 Å². The van der Waals surface area contributed by atoms with Gasteiger partial charge in [-0.1, -0.05) is 44.0 Å². The monoisotopic (exact) mass is 261 g/mol. The van der Waals surface area contributed by atoms with Crippen LogP contribution < -0.4 is 10.1 Å². The summed E-state index contributed by atoms with van der Waals surface area (Å²) in [7, 11) is 0. The van der Waals surface area contributed by atoms with Crippen molar-refractivity contribution in [2.24, 2.45) is 0 Å². The molecule has 1 rings (SSSR count). The highest BCUT2D eigenvalue weighted by atomic mass is 16.5. The van der Waals surface area contributed by atoms with Crippen molar-refractivity contribution in [2.45, 2.75) is 39.0 Å². The van der Waals surface area contributed by atoms with Crippen LogP contribution in [0.2, 0.25) is 0 Å². The number of unbranched alkanes of at least 4 members (excludes halogenated alkanes) is 3. The van der Waals surface area contributed by atoms with Crippen LogP contribution in [0.1, 0.15) is 38.2 Å². The van der Waals surface area contributed by atoms with Gasteiger partial charge in [-0.25, -0.2) is 0 Å². The molecular formula is C17H27NO. The van der Waals surface area contributed by atoms with Crippen LogP contribution in [0.4, 0.5) is 0 Å². The SMILES string of the molecule is C=CCc1ccccc1OCCCCCCNCC. The molecule has 0 aromatic heterocycles. The van der Waals surface area contributed by atoms with Crippen molar-refractivity contribution >= 4 is 0 Å². The molecule has 0 atom stereocenters. The smallest absolute Gasteiger partial charge is 0.122 e. The Morgan fingerprint density at radius 2 is 1.95 bits per heavy atom. The minimum Gasteiger partial charge on any atom is -0.493 e. The normalized spacial score (nSPS) is 10.4. The molecule has 0 fully saturated rings. The van der Waals surface area contributed by atoms with E-state index in [-0.39, 0.29) is 0 Å². The van der Waals surface area contributed by atoms with Crippen molar-refractivity contribution in [3.8, 4) is 5.75 Å². The van der Waals surface area contributed by atoms with Gasteiger partial charge >= 0.3 is 0 Å². The maximum absolute atomic E-state index is 5.85. The average Bonchev–Trinajstić information content (AvgIpc) is 2.44. The first-order chi connectivity index (χ1) is 9.38. The summed E-state index contributed by atoms with van der Waals surface area (Å²) in [5.41, 5.74) is 1.23. The van der Waals surface area contributed by atoms with E-state index in [0.717, 1.165) is 38.3 Å². The molecule has 0 aliphatic carbocycles. The Labute approximate surface area is 117 Å². The molecule has 0 radical (unpaired) electrons. The summed E-state index contributed by atoms with van der Waals surface area (Å²) >= 11 is 0. The number of allylic oxidation sites excluding steroid dienone is 1. The van der Waals surface area contributed by atoms with Crippen LogP contribution in [0.15, 0.2) is 36.9 Å². The molecule has 1 aromatic rings. The second kappa shape index (κ2) is 10.6. The number of nitrogens with one attached hydrogen (secondary N) is 1. The van der Waals surface area contributed by atoms with Gasteiger partial charge in [-0.2, -0.15) is 0 Å². The van der Waals surface area contributed by atoms with Gasteiger partial charge in [0, 0.05) is 0 Å². The highest BCUT2D eigenvalue weighted by Gasteiger charge is 2.00. The Hall–Kier alpha value is -1.28. The predicted molar refractivity (Wildman–Crippen MR) is 82.8 cm³/mol. The van der Waals surface area contributed by atoms with Crippen molar-refractivity contribution in [3.05, 3.63) is 42.5 Å². The Kier molecular flexibility index (Phi) is 8.82. The highest BCUT2D eigenvalue weighted by Crippen LogP contribution is 2.19. The predicted octanol–water partition coefficient (Wildman–Crippen LogP) is 3.96. The molecule has 0 saturated carbocycles. The van der Waals surface area contributed by atoms with E-state index in [1.165, 1.54) is 24.8 Å². The molecule has 19 heavy (non-hydrogen) atoms. The summed E-state index contributed by atoms with van der Waals surface area (Å²) in [6.07, 6.45) is 7.72. The van der Waals surface area contributed by atoms with Crippen LogP contribution in [-0.4, -0.2) is 19.7 Å². The minimum absolute atomic E-state index is 0.815. The maximum Gasteiger partial charge on any atom is 0.122 e. The van der Waals surface area contributed by atoms with Gasteiger partial charge in [0.2, 0.25) is 0 Å². The Morgan fingerprint density at radius 1 is 1.16 bits per heavy atom. The Morgan fingerprint density at radius 3 is 2.74 bits per heavy atom. The van der Waals surface area contributed by atoms with Crippen LogP contribution in [0.5, 0.6) is 5.75 Å². The van der Waals surface area contributed by atoms with Crippen LogP contribution in [0, 0.1) is 0 Å². The van der Waals surface area contributed by atoms with Crippen LogP contribution >= 0.6 is 0 Å². The second-order valence-electron chi connectivity index (χ2n) is 4.72. The summed E-state index contributed by atoms with van der Waals surface area (Å²) in [6.45, 7) is 8.95. The summed E-state index contributed by atoms with van der Waals surface area (Å²) in [6, 6.07) is 8.22. The van der Waals surface area contributed by atoms with Gasteiger partial charge in [0.25, 0.3) is 0 Å². The molecule has 106 valence electrons. The number of hydrogen-bond donors (Lipinski definition) is 1. The molecule has 0 unspecified atom stereocenters. The Balaban J connectivity index is 2.13.